The number of nitrogens with zero attached hydrogens (tertiary/aromatic N) is 1. The van der Waals surface area contributed by atoms with E-state index in [1.165, 1.54) is 250 Å². The van der Waals surface area contributed by atoms with E-state index in [1.54, 1.807) is 6.08 Å². The van der Waals surface area contributed by atoms with Gasteiger partial charge in [-0.2, -0.15) is 0 Å². The minimum Gasteiger partial charge on any atom is -0.387 e. The van der Waals surface area contributed by atoms with Gasteiger partial charge in [-0.05, 0) is 57.8 Å². The smallest absolute Gasteiger partial charge is 0.387 e. The number of hydrogen-bond donors (Lipinski definition) is 3. The minimum atomic E-state index is -4.35. The van der Waals surface area contributed by atoms with Crippen molar-refractivity contribution >= 4 is 13.7 Å². The zero-order valence-corrected chi connectivity index (χ0v) is 49.6. The molecule has 0 rings (SSSR count). The van der Waals surface area contributed by atoms with Crippen LogP contribution in [0.25, 0.3) is 0 Å². The van der Waals surface area contributed by atoms with Gasteiger partial charge < -0.3 is 19.8 Å². The van der Waals surface area contributed by atoms with Gasteiger partial charge in [-0.1, -0.05) is 281 Å². The number of aliphatic hydroxyl groups is 1. The maximum absolute atomic E-state index is 12.9. The number of aliphatic hydroxyl groups excluding tert-OH is 1. The molecule has 0 aromatic carbocycles. The summed E-state index contributed by atoms with van der Waals surface area (Å²) in [5.41, 5.74) is 0. The predicted octanol–water partition coefficient (Wildman–Crippen LogP) is 19.3. The molecule has 0 aliphatic carbocycles. The summed E-state index contributed by atoms with van der Waals surface area (Å²) in [7, 11) is 1.56. The molecule has 0 spiro atoms. The lowest BCUT2D eigenvalue weighted by molar-refractivity contribution is -0.870. The lowest BCUT2D eigenvalue weighted by Gasteiger charge is -2.25. The largest absolute Gasteiger partial charge is 0.472 e. The predicted molar refractivity (Wildman–Crippen MR) is 314 cm³/mol. The Hall–Kier alpha value is -1.28. The Morgan fingerprint density at radius 3 is 1.11 bits per heavy atom. The van der Waals surface area contributed by atoms with Crippen LogP contribution in [0, 0.1) is 0 Å². The monoisotopic (exact) mass is 1040 g/mol. The molecule has 0 aliphatic heterocycles. The van der Waals surface area contributed by atoms with Crippen LogP contribution >= 0.6 is 7.82 Å². The van der Waals surface area contributed by atoms with Crippen molar-refractivity contribution < 1.29 is 32.9 Å². The first-order valence-electron chi connectivity index (χ1n) is 31.4. The van der Waals surface area contributed by atoms with Crippen LogP contribution in [0.3, 0.4) is 0 Å². The van der Waals surface area contributed by atoms with Crippen molar-refractivity contribution in [3.63, 3.8) is 0 Å². The topological polar surface area (TPSA) is 105 Å². The van der Waals surface area contributed by atoms with Crippen molar-refractivity contribution in [2.24, 2.45) is 0 Å². The molecule has 0 aromatic heterocycles. The summed E-state index contributed by atoms with van der Waals surface area (Å²) in [5.74, 6) is -0.184. The molecule has 0 saturated carbocycles. The number of amides is 1. The van der Waals surface area contributed by atoms with Gasteiger partial charge in [-0.15, -0.1) is 0 Å². The fraction of sp³-hybridized carbons (Fsp3) is 0.889. The van der Waals surface area contributed by atoms with Crippen LogP contribution in [-0.2, 0) is 18.4 Å². The molecule has 1 amide bonds. The molecule has 0 aromatic rings. The van der Waals surface area contributed by atoms with E-state index in [9.17, 15) is 19.4 Å². The third kappa shape index (κ3) is 56.4. The van der Waals surface area contributed by atoms with Gasteiger partial charge in [0.05, 0.1) is 39.9 Å². The molecule has 3 atom stereocenters. The molecule has 0 heterocycles. The molecule has 3 N–H and O–H groups in total. The van der Waals surface area contributed by atoms with Crippen LogP contribution in [-0.4, -0.2) is 73.4 Å². The summed E-state index contributed by atoms with van der Waals surface area (Å²) in [6.45, 7) is 4.80. The van der Waals surface area contributed by atoms with Crippen molar-refractivity contribution in [3.05, 3.63) is 36.5 Å². The van der Waals surface area contributed by atoms with Crippen LogP contribution in [0.2, 0.25) is 0 Å². The van der Waals surface area contributed by atoms with Crippen LogP contribution in [0.5, 0.6) is 0 Å². The average molecular weight is 1040 g/mol. The standard InChI is InChI=1S/C63H123N2O6P/c1-6-8-10-12-14-16-18-19-20-21-22-23-24-25-26-27-28-29-30-31-32-33-34-35-36-37-38-39-40-41-42-43-44-45-47-49-51-53-55-57-63(67)64-61(60-71-72(68,69)70-59-58-65(3,4)5)62(66)56-54-52-50-48-46-17-15-13-11-9-7-2/h31-32,46,48,54,56,61-62,66H,6-30,33-45,47,49-53,55,57-60H2,1-5H3,(H-,64,67,68,69)/p+1/b32-31-,48-46+,56-54+. The van der Waals surface area contributed by atoms with E-state index in [1.807, 2.05) is 27.2 Å². The first kappa shape index (κ1) is 70.7. The molecule has 0 saturated heterocycles. The number of hydrogen-bond acceptors (Lipinski definition) is 5. The SMILES string of the molecule is CCCCCCC/C=C/CC/C=C/C(O)C(COP(=O)(O)OCC[N+](C)(C)C)NC(=O)CCCCCCCCCCCCCCCCCCC/C=C\CCCCCCCCCCCCCCCCCCCC. The fourth-order valence-corrected chi connectivity index (χ4v) is 10.1. The number of unbranched alkanes of at least 4 members (excludes halogenated alkanes) is 41. The Morgan fingerprint density at radius 1 is 0.458 bits per heavy atom. The molecule has 72 heavy (non-hydrogen) atoms. The van der Waals surface area contributed by atoms with Crippen LogP contribution in [0.1, 0.15) is 309 Å². The maximum Gasteiger partial charge on any atom is 0.472 e. The van der Waals surface area contributed by atoms with Crippen molar-refractivity contribution in [2.45, 2.75) is 321 Å². The summed E-state index contributed by atoms with van der Waals surface area (Å²) in [6, 6.07) is -0.861. The molecular weight excluding hydrogens is 912 g/mol. The van der Waals surface area contributed by atoms with Gasteiger partial charge in [0.1, 0.15) is 13.2 Å². The molecule has 0 radical (unpaired) electrons. The minimum absolute atomic E-state index is 0.0571. The molecule has 0 bridgehead atoms. The molecule has 3 unspecified atom stereocenters. The fourth-order valence-electron chi connectivity index (χ4n) is 9.41. The highest BCUT2D eigenvalue weighted by atomic mass is 31.2. The second-order valence-corrected chi connectivity index (χ2v) is 24.2. The third-order valence-electron chi connectivity index (χ3n) is 14.3. The summed E-state index contributed by atoms with van der Waals surface area (Å²) >= 11 is 0. The second kappa shape index (κ2) is 54.5. The Labute approximate surface area is 448 Å². The van der Waals surface area contributed by atoms with E-state index < -0.39 is 20.0 Å². The Bertz CT molecular complexity index is 1270. The lowest BCUT2D eigenvalue weighted by atomic mass is 10.0. The second-order valence-electron chi connectivity index (χ2n) is 22.8. The Morgan fingerprint density at radius 2 is 0.764 bits per heavy atom. The number of carbonyl (C=O) groups excluding carboxylic acids is 1. The number of allylic oxidation sites excluding steroid dienone is 5. The molecule has 8 nitrogen and oxygen atoms in total. The number of quaternary nitrogens is 1. The van der Waals surface area contributed by atoms with Gasteiger partial charge in [0, 0.05) is 6.42 Å². The van der Waals surface area contributed by atoms with Gasteiger partial charge in [0.25, 0.3) is 0 Å². The van der Waals surface area contributed by atoms with Gasteiger partial charge in [-0.25, -0.2) is 4.57 Å². The summed E-state index contributed by atoms with van der Waals surface area (Å²) < 4.78 is 23.6. The Balaban J connectivity index is 3.84. The highest BCUT2D eigenvalue weighted by Gasteiger charge is 2.27. The van der Waals surface area contributed by atoms with Crippen LogP contribution in [0.4, 0.5) is 0 Å². The number of rotatable bonds is 58. The first-order valence-corrected chi connectivity index (χ1v) is 32.9. The highest BCUT2D eigenvalue weighted by Crippen LogP contribution is 2.43. The van der Waals surface area contributed by atoms with Crippen LogP contribution < -0.4 is 5.32 Å². The zero-order chi connectivity index (χ0) is 52.7. The van der Waals surface area contributed by atoms with E-state index in [-0.39, 0.29) is 19.1 Å². The van der Waals surface area contributed by atoms with Crippen molar-refractivity contribution in [1.29, 1.82) is 0 Å². The van der Waals surface area contributed by atoms with Gasteiger partial charge >= 0.3 is 7.82 Å². The van der Waals surface area contributed by atoms with Crippen molar-refractivity contribution in [2.75, 3.05) is 40.9 Å². The molecule has 9 heteroatoms. The highest BCUT2D eigenvalue weighted by molar-refractivity contribution is 7.47. The molecule has 426 valence electrons. The van der Waals surface area contributed by atoms with Gasteiger partial charge in [0.15, 0.2) is 0 Å². The Kier molecular flexibility index (Phi) is 53.5. The summed E-state index contributed by atoms with van der Waals surface area (Å²) in [6.07, 6.45) is 71.7. The lowest BCUT2D eigenvalue weighted by Crippen LogP contribution is -2.45. The maximum atomic E-state index is 12.9. The van der Waals surface area contributed by atoms with Crippen molar-refractivity contribution in [3.8, 4) is 0 Å². The first-order chi connectivity index (χ1) is 35.0. The number of likely N-dealkylation sites (N-methyl/N-ethyl adjacent to an activating group) is 1. The van der Waals surface area contributed by atoms with E-state index in [4.69, 9.17) is 9.05 Å². The van der Waals surface area contributed by atoms with E-state index in [0.29, 0.717) is 17.4 Å². The molecular formula is C63H124N2O6P+. The van der Waals surface area contributed by atoms with Gasteiger partial charge in [0.2, 0.25) is 5.91 Å². The van der Waals surface area contributed by atoms with Gasteiger partial charge in [-0.3, -0.25) is 13.8 Å². The third-order valence-corrected chi connectivity index (χ3v) is 15.3. The van der Waals surface area contributed by atoms with E-state index in [2.05, 4.69) is 43.5 Å². The van der Waals surface area contributed by atoms with E-state index >= 15 is 0 Å². The number of nitrogens with one attached hydrogen (secondary N) is 1. The molecule has 0 fully saturated rings. The molecule has 0 aliphatic rings. The zero-order valence-electron chi connectivity index (χ0n) is 48.7. The summed E-state index contributed by atoms with van der Waals surface area (Å²) in [4.78, 5) is 23.2. The normalized spacial score (nSPS) is 14.0. The average Bonchev–Trinajstić information content (AvgIpc) is 3.34. The van der Waals surface area contributed by atoms with Crippen molar-refractivity contribution in [1.82, 2.24) is 5.32 Å². The number of carbonyl (C=O) groups is 1. The van der Waals surface area contributed by atoms with E-state index in [0.717, 1.165) is 38.5 Å². The number of phosphoric acid groups is 1. The quantitative estimate of drug-likeness (QED) is 0.0243. The number of phosphoric ester groups is 1. The van der Waals surface area contributed by atoms with Crippen LogP contribution in [0.15, 0.2) is 36.5 Å². The summed E-state index contributed by atoms with van der Waals surface area (Å²) in [5, 5.41) is 13.8.